The Morgan fingerprint density at radius 3 is 2.52 bits per heavy atom. The van der Waals surface area contributed by atoms with Crippen LogP contribution in [0.3, 0.4) is 0 Å². The summed E-state index contributed by atoms with van der Waals surface area (Å²) in [5.74, 6) is 1.65. The van der Waals surface area contributed by atoms with Crippen molar-refractivity contribution in [3.8, 4) is 5.75 Å². The molecule has 0 radical (unpaired) electrons. The summed E-state index contributed by atoms with van der Waals surface area (Å²) in [4.78, 5) is 4.72. The molecule has 0 aliphatic carbocycles. The molecule has 6 nitrogen and oxygen atoms in total. The number of aliphatic imine (C=N–C) groups is 1. The third kappa shape index (κ3) is 8.68. The number of nitrogens with one attached hydrogen (secondary N) is 2. The highest BCUT2D eigenvalue weighted by atomic mass is 127. The molecule has 29 heavy (non-hydrogen) atoms. The fraction of sp³-hybridized carbons (Fsp3) is 0.682. The van der Waals surface area contributed by atoms with E-state index >= 15 is 0 Å². The molecule has 1 aliphatic rings. The van der Waals surface area contributed by atoms with E-state index in [-0.39, 0.29) is 41.4 Å². The summed E-state index contributed by atoms with van der Waals surface area (Å²) in [6.45, 7) is 12.9. The molecule has 1 aromatic rings. The highest BCUT2D eigenvalue weighted by Crippen LogP contribution is 2.32. The molecular formula is C22H38IN3O3. The number of aliphatic hydroxyl groups excluding tert-OH is 1. The van der Waals surface area contributed by atoms with Crippen LogP contribution < -0.4 is 15.4 Å². The van der Waals surface area contributed by atoms with Crippen LogP contribution in [0.5, 0.6) is 5.75 Å². The first-order valence-corrected chi connectivity index (χ1v) is 10.3. The van der Waals surface area contributed by atoms with Crippen LogP contribution in [0.2, 0.25) is 0 Å². The number of guanidine groups is 1. The third-order valence-corrected chi connectivity index (χ3v) is 5.13. The minimum atomic E-state index is -0.0393. The van der Waals surface area contributed by atoms with Crippen molar-refractivity contribution in [3.63, 3.8) is 0 Å². The Balaban J connectivity index is 0.00000420. The highest BCUT2D eigenvalue weighted by Gasteiger charge is 2.34. The van der Waals surface area contributed by atoms with E-state index < -0.39 is 0 Å². The van der Waals surface area contributed by atoms with Crippen LogP contribution in [0.15, 0.2) is 29.3 Å². The van der Waals surface area contributed by atoms with Gasteiger partial charge in [0.1, 0.15) is 12.4 Å². The van der Waals surface area contributed by atoms with Crippen molar-refractivity contribution in [2.24, 2.45) is 10.4 Å². The van der Waals surface area contributed by atoms with Gasteiger partial charge in [-0.2, -0.15) is 0 Å². The molecule has 0 spiro atoms. The number of benzene rings is 1. The Labute approximate surface area is 192 Å². The van der Waals surface area contributed by atoms with Crippen molar-refractivity contribution >= 4 is 29.9 Å². The second-order valence-corrected chi connectivity index (χ2v) is 8.52. The second kappa shape index (κ2) is 12.6. The SMILES string of the molecule is CCNC(=NCC1(CCO)CCOC1)NCCOc1ccc(C(C)(C)C)cc1.I. The highest BCUT2D eigenvalue weighted by molar-refractivity contribution is 14.0. The summed E-state index contributed by atoms with van der Waals surface area (Å²) in [7, 11) is 0. The van der Waals surface area contributed by atoms with Gasteiger partial charge < -0.3 is 25.2 Å². The normalized spacial score (nSPS) is 19.6. The van der Waals surface area contributed by atoms with E-state index in [1.807, 2.05) is 19.1 Å². The summed E-state index contributed by atoms with van der Waals surface area (Å²) < 4.78 is 11.4. The first kappa shape index (κ1) is 26.0. The summed E-state index contributed by atoms with van der Waals surface area (Å²) in [6.07, 6.45) is 1.67. The average Bonchev–Trinajstić information content (AvgIpc) is 3.12. The lowest BCUT2D eigenvalue weighted by Crippen LogP contribution is -2.40. The molecule has 0 bridgehead atoms. The van der Waals surface area contributed by atoms with Gasteiger partial charge in [-0.1, -0.05) is 32.9 Å². The zero-order chi connectivity index (χ0) is 20.5. The van der Waals surface area contributed by atoms with Gasteiger partial charge in [0.15, 0.2) is 5.96 Å². The Hall–Kier alpha value is -1.06. The molecule has 1 unspecified atom stereocenters. The topological polar surface area (TPSA) is 75.1 Å². The van der Waals surface area contributed by atoms with Gasteiger partial charge in [-0.15, -0.1) is 24.0 Å². The number of aliphatic hydroxyl groups is 1. The number of nitrogens with zero attached hydrogens (tertiary/aromatic N) is 1. The van der Waals surface area contributed by atoms with Crippen molar-refractivity contribution in [1.82, 2.24) is 10.6 Å². The second-order valence-electron chi connectivity index (χ2n) is 8.52. The Morgan fingerprint density at radius 1 is 1.24 bits per heavy atom. The number of halogens is 1. The van der Waals surface area contributed by atoms with E-state index in [1.54, 1.807) is 0 Å². The summed E-state index contributed by atoms with van der Waals surface area (Å²) >= 11 is 0. The number of hydrogen-bond donors (Lipinski definition) is 3. The van der Waals surface area contributed by atoms with E-state index in [2.05, 4.69) is 43.5 Å². The number of ether oxygens (including phenoxy) is 2. The fourth-order valence-electron chi connectivity index (χ4n) is 3.27. The smallest absolute Gasteiger partial charge is 0.191 e. The van der Waals surface area contributed by atoms with E-state index in [4.69, 9.17) is 14.5 Å². The van der Waals surface area contributed by atoms with Crippen LogP contribution in [0.25, 0.3) is 0 Å². The molecule has 1 atom stereocenters. The minimum Gasteiger partial charge on any atom is -0.492 e. The molecule has 1 saturated heterocycles. The summed E-state index contributed by atoms with van der Waals surface area (Å²) in [6, 6.07) is 8.30. The molecular weight excluding hydrogens is 481 g/mol. The molecule has 1 aromatic carbocycles. The average molecular weight is 519 g/mol. The van der Waals surface area contributed by atoms with Crippen molar-refractivity contribution < 1.29 is 14.6 Å². The lowest BCUT2D eigenvalue weighted by Gasteiger charge is -2.24. The Bertz CT molecular complexity index is 609. The molecule has 7 heteroatoms. The largest absolute Gasteiger partial charge is 0.492 e. The van der Waals surface area contributed by atoms with Crippen LogP contribution in [0, 0.1) is 5.41 Å². The van der Waals surface area contributed by atoms with Gasteiger partial charge in [0.05, 0.1) is 19.7 Å². The zero-order valence-corrected chi connectivity index (χ0v) is 20.6. The van der Waals surface area contributed by atoms with Crippen LogP contribution in [0.4, 0.5) is 0 Å². The van der Waals surface area contributed by atoms with E-state index in [0.29, 0.717) is 26.3 Å². The Kier molecular flexibility index (Phi) is 11.3. The number of rotatable bonds is 9. The standard InChI is InChI=1S/C22H37N3O3.HI/c1-5-23-20(25-16-22(10-13-26)11-14-27-17-22)24-12-15-28-19-8-6-18(7-9-19)21(2,3)4;/h6-9,26H,5,10-17H2,1-4H3,(H2,23,24,25);1H. The zero-order valence-electron chi connectivity index (χ0n) is 18.3. The molecule has 2 rings (SSSR count). The summed E-state index contributed by atoms with van der Waals surface area (Å²) in [5, 5.41) is 15.9. The predicted molar refractivity (Wildman–Crippen MR) is 130 cm³/mol. The predicted octanol–water partition coefficient (Wildman–Crippen LogP) is 3.33. The monoisotopic (exact) mass is 519 g/mol. The van der Waals surface area contributed by atoms with E-state index in [0.717, 1.165) is 37.7 Å². The quantitative estimate of drug-likeness (QED) is 0.202. The molecule has 1 aliphatic heterocycles. The van der Waals surface area contributed by atoms with Crippen LogP contribution in [0.1, 0.15) is 46.1 Å². The lowest BCUT2D eigenvalue weighted by molar-refractivity contribution is 0.131. The minimum absolute atomic E-state index is 0. The molecule has 3 N–H and O–H groups in total. The van der Waals surface area contributed by atoms with Crippen LogP contribution >= 0.6 is 24.0 Å². The molecule has 1 heterocycles. The molecule has 0 aromatic heterocycles. The van der Waals surface area contributed by atoms with Gasteiger partial charge in [0.2, 0.25) is 0 Å². The van der Waals surface area contributed by atoms with Gasteiger partial charge in [0, 0.05) is 25.2 Å². The van der Waals surface area contributed by atoms with Crippen molar-refractivity contribution in [1.29, 1.82) is 0 Å². The van der Waals surface area contributed by atoms with Gasteiger partial charge in [-0.05, 0) is 42.9 Å². The van der Waals surface area contributed by atoms with Gasteiger partial charge >= 0.3 is 0 Å². The maximum absolute atomic E-state index is 9.35. The van der Waals surface area contributed by atoms with Crippen LogP contribution in [-0.4, -0.2) is 57.1 Å². The van der Waals surface area contributed by atoms with Crippen molar-refractivity contribution in [3.05, 3.63) is 29.8 Å². The first-order valence-electron chi connectivity index (χ1n) is 10.3. The molecule has 0 amide bonds. The van der Waals surface area contributed by atoms with Crippen molar-refractivity contribution in [2.45, 2.75) is 46.0 Å². The molecule has 166 valence electrons. The maximum atomic E-state index is 9.35. The Morgan fingerprint density at radius 2 is 1.97 bits per heavy atom. The molecule has 1 fully saturated rings. The van der Waals surface area contributed by atoms with Crippen molar-refractivity contribution in [2.75, 3.05) is 46.1 Å². The van der Waals surface area contributed by atoms with Gasteiger partial charge in [0.25, 0.3) is 0 Å². The van der Waals surface area contributed by atoms with Gasteiger partial charge in [-0.3, -0.25) is 4.99 Å². The number of hydrogen-bond acceptors (Lipinski definition) is 4. The van der Waals surface area contributed by atoms with Crippen LogP contribution in [-0.2, 0) is 10.2 Å². The fourth-order valence-corrected chi connectivity index (χ4v) is 3.27. The van der Waals surface area contributed by atoms with E-state index in [9.17, 15) is 5.11 Å². The third-order valence-electron chi connectivity index (χ3n) is 5.13. The van der Waals surface area contributed by atoms with E-state index in [1.165, 1.54) is 5.56 Å². The van der Waals surface area contributed by atoms with Gasteiger partial charge in [-0.25, -0.2) is 0 Å². The lowest BCUT2D eigenvalue weighted by atomic mass is 9.84. The summed E-state index contributed by atoms with van der Waals surface area (Å²) in [5.41, 5.74) is 1.41. The first-order chi connectivity index (χ1) is 13.4. The maximum Gasteiger partial charge on any atom is 0.191 e. The molecule has 0 saturated carbocycles.